The minimum atomic E-state index is -0.190. The quantitative estimate of drug-likeness (QED) is 0.804. The van der Waals surface area contributed by atoms with Gasteiger partial charge in [0.1, 0.15) is 0 Å². The zero-order valence-electron chi connectivity index (χ0n) is 12.4. The van der Waals surface area contributed by atoms with Crippen LogP contribution in [0.15, 0.2) is 59.6 Å². The Labute approximate surface area is 133 Å². The molecule has 2 heterocycles. The van der Waals surface area contributed by atoms with Gasteiger partial charge >= 0.3 is 0 Å². The number of hydrogen-bond acceptors (Lipinski definition) is 4. The van der Waals surface area contributed by atoms with Gasteiger partial charge in [-0.15, -0.1) is 0 Å². The molecule has 1 aliphatic carbocycles. The van der Waals surface area contributed by atoms with E-state index >= 15 is 0 Å². The van der Waals surface area contributed by atoms with E-state index in [0.717, 1.165) is 18.4 Å². The number of imidazole rings is 1. The Balaban J connectivity index is 1.36. The SMILES string of the molecule is O=C(N[C@H]1C[C@H](n2ccnc2)C1)c1cc(-c2ccccc2)on1. The number of carbonyl (C=O) groups is 1. The Bertz CT molecular complexity index is 789. The molecule has 0 radical (unpaired) electrons. The number of benzene rings is 1. The van der Waals surface area contributed by atoms with E-state index in [1.165, 1.54) is 0 Å². The summed E-state index contributed by atoms with van der Waals surface area (Å²) in [5.74, 6) is 0.408. The van der Waals surface area contributed by atoms with Gasteiger partial charge in [-0.2, -0.15) is 0 Å². The largest absolute Gasteiger partial charge is 0.355 e. The summed E-state index contributed by atoms with van der Waals surface area (Å²) in [7, 11) is 0. The van der Waals surface area contributed by atoms with Gasteiger partial charge in [-0.1, -0.05) is 35.5 Å². The van der Waals surface area contributed by atoms with Gasteiger partial charge in [0.05, 0.1) is 6.33 Å². The lowest BCUT2D eigenvalue weighted by Gasteiger charge is -2.36. The third-order valence-corrected chi connectivity index (χ3v) is 4.20. The van der Waals surface area contributed by atoms with Gasteiger partial charge < -0.3 is 14.4 Å². The Kier molecular flexibility index (Phi) is 3.42. The number of nitrogens with one attached hydrogen (secondary N) is 1. The lowest BCUT2D eigenvalue weighted by atomic mass is 9.86. The van der Waals surface area contributed by atoms with Crippen LogP contribution in [-0.4, -0.2) is 26.7 Å². The van der Waals surface area contributed by atoms with Crippen molar-refractivity contribution in [2.24, 2.45) is 0 Å². The molecule has 1 N–H and O–H groups in total. The Morgan fingerprint density at radius 2 is 2.09 bits per heavy atom. The first-order chi connectivity index (χ1) is 11.3. The lowest BCUT2D eigenvalue weighted by molar-refractivity contribution is 0.0884. The second kappa shape index (κ2) is 5.72. The van der Waals surface area contributed by atoms with E-state index in [9.17, 15) is 4.79 Å². The second-order valence-corrected chi connectivity index (χ2v) is 5.75. The predicted octanol–water partition coefficient (Wildman–Crippen LogP) is 2.67. The van der Waals surface area contributed by atoms with Crippen molar-refractivity contribution in [1.82, 2.24) is 20.0 Å². The number of amides is 1. The Hall–Kier alpha value is -2.89. The van der Waals surface area contributed by atoms with E-state index in [-0.39, 0.29) is 11.9 Å². The number of nitrogens with zero attached hydrogens (tertiary/aromatic N) is 3. The van der Waals surface area contributed by atoms with Crippen LogP contribution in [0.5, 0.6) is 0 Å². The molecule has 0 saturated heterocycles. The van der Waals surface area contributed by atoms with Crippen molar-refractivity contribution < 1.29 is 9.32 Å². The highest BCUT2D eigenvalue weighted by Crippen LogP contribution is 2.32. The van der Waals surface area contributed by atoms with Crippen LogP contribution >= 0.6 is 0 Å². The molecule has 3 aromatic rings. The van der Waals surface area contributed by atoms with E-state index < -0.39 is 0 Å². The van der Waals surface area contributed by atoms with Gasteiger partial charge in [0.15, 0.2) is 11.5 Å². The number of rotatable bonds is 4. The topological polar surface area (TPSA) is 73.0 Å². The summed E-state index contributed by atoms with van der Waals surface area (Å²) >= 11 is 0. The Morgan fingerprint density at radius 1 is 1.26 bits per heavy atom. The first-order valence-corrected chi connectivity index (χ1v) is 7.60. The number of carbonyl (C=O) groups excluding carboxylic acids is 1. The van der Waals surface area contributed by atoms with Crippen molar-refractivity contribution in [1.29, 1.82) is 0 Å². The summed E-state index contributed by atoms with van der Waals surface area (Å²) in [6.07, 6.45) is 7.35. The summed E-state index contributed by atoms with van der Waals surface area (Å²) in [5, 5.41) is 6.86. The molecule has 116 valence electrons. The summed E-state index contributed by atoms with van der Waals surface area (Å²) in [4.78, 5) is 16.3. The highest BCUT2D eigenvalue weighted by molar-refractivity contribution is 5.93. The van der Waals surface area contributed by atoms with Crippen LogP contribution in [0, 0.1) is 0 Å². The molecule has 1 aromatic carbocycles. The third kappa shape index (κ3) is 2.75. The normalized spacial score (nSPS) is 20.0. The summed E-state index contributed by atoms with van der Waals surface area (Å²) in [6.45, 7) is 0. The van der Waals surface area contributed by atoms with Gasteiger partial charge in [-0.25, -0.2) is 4.98 Å². The average Bonchev–Trinajstić information content (AvgIpc) is 3.22. The molecular weight excluding hydrogens is 292 g/mol. The molecule has 0 bridgehead atoms. The average molecular weight is 308 g/mol. The van der Waals surface area contributed by atoms with Crippen LogP contribution in [0.1, 0.15) is 29.4 Å². The molecule has 6 nitrogen and oxygen atoms in total. The van der Waals surface area contributed by atoms with Crippen LogP contribution in [0.25, 0.3) is 11.3 Å². The first-order valence-electron chi connectivity index (χ1n) is 7.60. The molecule has 1 fully saturated rings. The molecule has 1 amide bonds. The fraction of sp³-hybridized carbons (Fsp3) is 0.235. The maximum atomic E-state index is 12.2. The molecule has 0 spiro atoms. The summed E-state index contributed by atoms with van der Waals surface area (Å²) < 4.78 is 7.34. The van der Waals surface area contributed by atoms with Crippen LogP contribution in [0.2, 0.25) is 0 Å². The first kappa shape index (κ1) is 13.8. The van der Waals surface area contributed by atoms with Gasteiger partial charge in [0.2, 0.25) is 0 Å². The fourth-order valence-electron chi connectivity index (χ4n) is 2.81. The van der Waals surface area contributed by atoms with Crippen molar-refractivity contribution in [3.8, 4) is 11.3 Å². The van der Waals surface area contributed by atoms with E-state index in [1.54, 1.807) is 12.3 Å². The third-order valence-electron chi connectivity index (χ3n) is 4.20. The van der Waals surface area contributed by atoms with Gasteiger partial charge in [0, 0.05) is 36.1 Å². The van der Waals surface area contributed by atoms with E-state index in [1.807, 2.05) is 42.9 Å². The van der Waals surface area contributed by atoms with Crippen molar-refractivity contribution in [3.05, 3.63) is 60.8 Å². The summed E-state index contributed by atoms with van der Waals surface area (Å²) in [6, 6.07) is 11.9. The molecule has 0 unspecified atom stereocenters. The molecule has 1 saturated carbocycles. The molecule has 0 atom stereocenters. The van der Waals surface area contributed by atoms with E-state index in [0.29, 0.717) is 17.5 Å². The van der Waals surface area contributed by atoms with Crippen LogP contribution < -0.4 is 5.32 Å². The molecule has 2 aromatic heterocycles. The van der Waals surface area contributed by atoms with Crippen molar-refractivity contribution in [2.75, 3.05) is 0 Å². The molecule has 6 heteroatoms. The highest BCUT2D eigenvalue weighted by Gasteiger charge is 2.32. The van der Waals surface area contributed by atoms with Crippen LogP contribution in [0.4, 0.5) is 0 Å². The second-order valence-electron chi connectivity index (χ2n) is 5.75. The molecule has 1 aliphatic rings. The van der Waals surface area contributed by atoms with E-state index in [2.05, 4.69) is 20.0 Å². The van der Waals surface area contributed by atoms with E-state index in [4.69, 9.17) is 4.52 Å². The van der Waals surface area contributed by atoms with Crippen molar-refractivity contribution in [3.63, 3.8) is 0 Å². The molecule has 23 heavy (non-hydrogen) atoms. The Morgan fingerprint density at radius 3 is 2.83 bits per heavy atom. The zero-order valence-corrected chi connectivity index (χ0v) is 12.4. The lowest BCUT2D eigenvalue weighted by Crippen LogP contribution is -2.44. The van der Waals surface area contributed by atoms with Gasteiger partial charge in [0.25, 0.3) is 5.91 Å². The monoisotopic (exact) mass is 308 g/mol. The number of aromatic nitrogens is 3. The molecule has 0 aliphatic heterocycles. The summed E-state index contributed by atoms with van der Waals surface area (Å²) in [5.41, 5.74) is 1.22. The number of hydrogen-bond donors (Lipinski definition) is 1. The van der Waals surface area contributed by atoms with Gasteiger partial charge in [-0.3, -0.25) is 4.79 Å². The maximum Gasteiger partial charge on any atom is 0.273 e. The van der Waals surface area contributed by atoms with Crippen LogP contribution in [-0.2, 0) is 0 Å². The zero-order chi connectivity index (χ0) is 15.6. The molecule has 4 rings (SSSR count). The van der Waals surface area contributed by atoms with Crippen molar-refractivity contribution >= 4 is 5.91 Å². The standard InChI is InChI=1S/C17H16N4O2/c22-17(19-13-8-14(9-13)21-7-6-18-11-21)15-10-16(23-20-15)12-4-2-1-3-5-12/h1-7,10-11,13-14H,8-9H2,(H,19,22)/t13-,14-. The van der Waals surface area contributed by atoms with Crippen LogP contribution in [0.3, 0.4) is 0 Å². The maximum absolute atomic E-state index is 12.2. The highest BCUT2D eigenvalue weighted by atomic mass is 16.5. The minimum absolute atomic E-state index is 0.173. The molecular formula is C17H16N4O2. The predicted molar refractivity (Wildman–Crippen MR) is 83.7 cm³/mol. The fourth-order valence-corrected chi connectivity index (χ4v) is 2.81. The van der Waals surface area contributed by atoms with Crippen molar-refractivity contribution in [2.45, 2.75) is 24.9 Å². The smallest absolute Gasteiger partial charge is 0.273 e. The van der Waals surface area contributed by atoms with Gasteiger partial charge in [-0.05, 0) is 12.8 Å². The minimum Gasteiger partial charge on any atom is -0.355 e.